The Morgan fingerprint density at radius 2 is 1.65 bits per heavy atom. The van der Waals surface area contributed by atoms with Gasteiger partial charge in [0.15, 0.2) is 9.84 Å². The van der Waals surface area contributed by atoms with Crippen molar-refractivity contribution in [2.75, 3.05) is 18.7 Å². The highest BCUT2D eigenvalue weighted by Crippen LogP contribution is 2.31. The number of ether oxygens (including phenoxy) is 1. The molecule has 1 aromatic heterocycles. The molecule has 1 N–H and O–H groups in total. The summed E-state index contributed by atoms with van der Waals surface area (Å²) in [5.41, 5.74) is 4.18. The predicted molar refractivity (Wildman–Crippen MR) is 134 cm³/mol. The Bertz CT molecular complexity index is 1450. The maximum atomic E-state index is 12.8. The molecule has 8 heteroatoms. The molecule has 0 saturated carbocycles. The molecule has 0 saturated heterocycles. The quantitative estimate of drug-likeness (QED) is 0.371. The van der Waals surface area contributed by atoms with Gasteiger partial charge in [0.25, 0.3) is 5.91 Å². The Morgan fingerprint density at radius 3 is 2.29 bits per heavy atom. The molecule has 0 aliphatic carbocycles. The molecular weight excluding hydrogens is 472 g/mol. The Kier molecular flexibility index (Phi) is 6.68. The second kappa shape index (κ2) is 9.67. The van der Waals surface area contributed by atoms with Crippen molar-refractivity contribution in [1.29, 1.82) is 0 Å². The van der Waals surface area contributed by atoms with Gasteiger partial charge in [0.1, 0.15) is 0 Å². The zero-order valence-corrected chi connectivity index (χ0v) is 20.0. The second-order valence-electron chi connectivity index (χ2n) is 7.62. The summed E-state index contributed by atoms with van der Waals surface area (Å²) < 4.78 is 28.8. The van der Waals surface area contributed by atoms with Crippen LogP contribution in [0.3, 0.4) is 0 Å². The van der Waals surface area contributed by atoms with Crippen molar-refractivity contribution in [3.63, 3.8) is 0 Å². The van der Waals surface area contributed by atoms with Gasteiger partial charge in [0, 0.05) is 28.5 Å². The van der Waals surface area contributed by atoms with Crippen molar-refractivity contribution >= 4 is 33.0 Å². The van der Waals surface area contributed by atoms with Gasteiger partial charge in [-0.15, -0.1) is 0 Å². The summed E-state index contributed by atoms with van der Waals surface area (Å²) in [5.74, 6) is 0.164. The summed E-state index contributed by atoms with van der Waals surface area (Å²) in [7, 11) is -1.77. The number of hydrogen-bond acceptors (Lipinski definition) is 5. The van der Waals surface area contributed by atoms with Crippen molar-refractivity contribution in [3.8, 4) is 28.1 Å². The van der Waals surface area contributed by atoms with Gasteiger partial charge in [-0.2, -0.15) is 0 Å². The molecule has 0 aliphatic heterocycles. The number of carbonyl (C=O) groups is 1. The van der Waals surface area contributed by atoms with Crippen molar-refractivity contribution in [1.82, 2.24) is 4.98 Å². The maximum Gasteiger partial charge on any atom is 0.255 e. The topological polar surface area (TPSA) is 85.4 Å². The van der Waals surface area contributed by atoms with Crippen LogP contribution in [-0.2, 0) is 9.84 Å². The molecule has 4 aromatic rings. The molecule has 4 rings (SSSR count). The Balaban J connectivity index is 1.58. The van der Waals surface area contributed by atoms with E-state index in [1.54, 1.807) is 48.5 Å². The van der Waals surface area contributed by atoms with E-state index in [9.17, 15) is 13.2 Å². The van der Waals surface area contributed by atoms with E-state index in [4.69, 9.17) is 16.3 Å². The van der Waals surface area contributed by atoms with Crippen LogP contribution < -0.4 is 10.1 Å². The predicted octanol–water partition coefficient (Wildman–Crippen LogP) is 5.73. The number of hydrogen-bond donors (Lipinski definition) is 1. The van der Waals surface area contributed by atoms with E-state index in [1.165, 1.54) is 19.6 Å². The van der Waals surface area contributed by atoms with Crippen LogP contribution in [0, 0.1) is 0 Å². The minimum absolute atomic E-state index is 0.267. The summed E-state index contributed by atoms with van der Waals surface area (Å²) in [4.78, 5) is 17.1. The maximum absolute atomic E-state index is 12.8. The molecule has 0 unspecified atom stereocenters. The van der Waals surface area contributed by atoms with Crippen molar-refractivity contribution in [2.45, 2.75) is 4.90 Å². The number of carbonyl (C=O) groups excluding carboxylic acids is 1. The summed E-state index contributed by atoms with van der Waals surface area (Å²) in [6.07, 6.45) is 2.70. The SMILES string of the molecule is COc1ccc(NC(=O)c2ccc(Cl)c(-c3ccc(-c4cccc(S(C)(=O)=O)c4)cc3)c2)cn1. The number of sulfone groups is 1. The lowest BCUT2D eigenvalue weighted by Crippen LogP contribution is -2.12. The lowest BCUT2D eigenvalue weighted by Gasteiger charge is -2.10. The molecule has 0 fully saturated rings. The van der Waals surface area contributed by atoms with E-state index < -0.39 is 9.84 Å². The van der Waals surface area contributed by atoms with E-state index in [0.717, 1.165) is 16.7 Å². The second-order valence-corrected chi connectivity index (χ2v) is 10.0. The van der Waals surface area contributed by atoms with Crippen LogP contribution in [0.4, 0.5) is 5.69 Å². The monoisotopic (exact) mass is 492 g/mol. The van der Waals surface area contributed by atoms with E-state index in [1.807, 2.05) is 30.3 Å². The van der Waals surface area contributed by atoms with Crippen molar-refractivity contribution < 1.29 is 17.9 Å². The van der Waals surface area contributed by atoms with Crippen molar-refractivity contribution in [2.24, 2.45) is 0 Å². The Morgan fingerprint density at radius 1 is 0.912 bits per heavy atom. The Labute approximate surface area is 203 Å². The van der Waals surface area contributed by atoms with Gasteiger partial charge >= 0.3 is 0 Å². The summed E-state index contributed by atoms with van der Waals surface area (Å²) >= 11 is 6.43. The number of pyridine rings is 1. The molecule has 1 amide bonds. The molecule has 172 valence electrons. The third-order valence-electron chi connectivity index (χ3n) is 5.22. The molecule has 0 bridgehead atoms. The normalized spacial score (nSPS) is 11.1. The molecule has 0 aliphatic rings. The number of anilines is 1. The fourth-order valence-corrected chi connectivity index (χ4v) is 4.31. The van der Waals surface area contributed by atoms with Crippen LogP contribution in [0.2, 0.25) is 5.02 Å². The average molecular weight is 493 g/mol. The van der Waals surface area contributed by atoms with Gasteiger partial charge in [-0.05, 0) is 53.1 Å². The van der Waals surface area contributed by atoms with Gasteiger partial charge in [-0.25, -0.2) is 13.4 Å². The van der Waals surface area contributed by atoms with Gasteiger partial charge in [-0.3, -0.25) is 4.79 Å². The highest BCUT2D eigenvalue weighted by molar-refractivity contribution is 7.90. The van der Waals surface area contributed by atoms with Gasteiger partial charge in [0.2, 0.25) is 5.88 Å². The number of nitrogens with zero attached hydrogens (tertiary/aromatic N) is 1. The first kappa shape index (κ1) is 23.5. The number of benzene rings is 3. The fraction of sp³-hybridized carbons (Fsp3) is 0.0769. The van der Waals surface area contributed by atoms with Crippen molar-refractivity contribution in [3.05, 3.63) is 95.6 Å². The number of amides is 1. The number of nitrogens with one attached hydrogen (secondary N) is 1. The van der Waals surface area contributed by atoms with Crippen LogP contribution in [0.5, 0.6) is 5.88 Å². The van der Waals surface area contributed by atoms with E-state index >= 15 is 0 Å². The summed E-state index contributed by atoms with van der Waals surface area (Å²) in [5, 5.41) is 3.32. The molecule has 0 radical (unpaired) electrons. The number of halogens is 1. The summed E-state index contributed by atoms with van der Waals surface area (Å²) in [6, 6.07) is 22.8. The van der Waals surface area contributed by atoms with Crippen LogP contribution >= 0.6 is 11.6 Å². The first-order valence-corrected chi connectivity index (χ1v) is 12.5. The molecule has 3 aromatic carbocycles. The van der Waals surface area contributed by atoms with Crippen LogP contribution in [-0.4, -0.2) is 32.7 Å². The van der Waals surface area contributed by atoms with E-state index in [-0.39, 0.29) is 10.8 Å². The first-order chi connectivity index (χ1) is 16.2. The smallest absolute Gasteiger partial charge is 0.255 e. The fourth-order valence-electron chi connectivity index (χ4n) is 3.41. The third kappa shape index (κ3) is 5.27. The largest absolute Gasteiger partial charge is 0.481 e. The number of aromatic nitrogens is 1. The summed E-state index contributed by atoms with van der Waals surface area (Å²) in [6.45, 7) is 0. The molecular formula is C26H21ClN2O4S. The van der Waals surface area contributed by atoms with Gasteiger partial charge in [0.05, 0.1) is 23.9 Å². The van der Waals surface area contributed by atoms with Crippen LogP contribution in [0.15, 0.2) is 90.0 Å². The molecule has 0 spiro atoms. The third-order valence-corrected chi connectivity index (χ3v) is 6.66. The zero-order chi connectivity index (χ0) is 24.3. The lowest BCUT2D eigenvalue weighted by atomic mass is 9.99. The Hall–Kier alpha value is -3.68. The minimum Gasteiger partial charge on any atom is -0.481 e. The first-order valence-electron chi connectivity index (χ1n) is 10.3. The number of methoxy groups -OCH3 is 1. The standard InChI is InChI=1S/C26H21ClN2O4S/c1-33-25-13-11-21(16-28-25)29-26(30)20-10-12-24(27)23(15-20)18-8-6-17(7-9-18)19-4-3-5-22(14-19)34(2,31)32/h3-16H,1-2H3,(H,29,30). The molecule has 1 heterocycles. The average Bonchev–Trinajstić information content (AvgIpc) is 2.84. The molecule has 34 heavy (non-hydrogen) atoms. The number of rotatable bonds is 6. The van der Waals surface area contributed by atoms with Gasteiger partial charge in [-0.1, -0.05) is 48.0 Å². The minimum atomic E-state index is -3.29. The van der Waals surface area contributed by atoms with Gasteiger partial charge < -0.3 is 10.1 Å². The molecule has 0 atom stereocenters. The van der Waals surface area contributed by atoms with E-state index in [2.05, 4.69) is 10.3 Å². The highest BCUT2D eigenvalue weighted by Gasteiger charge is 2.12. The molecule has 6 nitrogen and oxygen atoms in total. The highest BCUT2D eigenvalue weighted by atomic mass is 35.5. The zero-order valence-electron chi connectivity index (χ0n) is 18.4. The van der Waals surface area contributed by atoms with E-state index in [0.29, 0.717) is 27.7 Å². The van der Waals surface area contributed by atoms with Crippen LogP contribution in [0.1, 0.15) is 10.4 Å². The van der Waals surface area contributed by atoms with Crippen LogP contribution in [0.25, 0.3) is 22.3 Å². The lowest BCUT2D eigenvalue weighted by molar-refractivity contribution is 0.102.